The van der Waals surface area contributed by atoms with Gasteiger partial charge in [0.2, 0.25) is 5.91 Å². The Bertz CT molecular complexity index is 715. The highest BCUT2D eigenvalue weighted by Gasteiger charge is 2.29. The lowest BCUT2D eigenvalue weighted by Crippen LogP contribution is -2.16. The van der Waals surface area contributed by atoms with Crippen molar-refractivity contribution in [3.63, 3.8) is 0 Å². The third kappa shape index (κ3) is 2.73. The summed E-state index contributed by atoms with van der Waals surface area (Å²) < 4.78 is 0. The van der Waals surface area contributed by atoms with Crippen LogP contribution in [-0.4, -0.2) is 22.4 Å². The molecule has 2 aromatic rings. The van der Waals surface area contributed by atoms with Gasteiger partial charge in [0, 0.05) is 18.3 Å². The summed E-state index contributed by atoms with van der Waals surface area (Å²) in [5.74, 6) is 0.374. The number of pyridine rings is 1. The molecular formula is C15H14N4O3. The zero-order chi connectivity index (χ0) is 15.5. The number of benzene rings is 1. The number of carbonyl (C=O) groups is 1. The summed E-state index contributed by atoms with van der Waals surface area (Å²) in [6.45, 7) is 0.553. The van der Waals surface area contributed by atoms with E-state index in [0.717, 1.165) is 11.3 Å². The number of fused-ring (bicyclic) bond motifs is 1. The van der Waals surface area contributed by atoms with Crippen LogP contribution in [0.4, 0.5) is 17.2 Å². The lowest BCUT2D eigenvalue weighted by atomic mass is 9.97. The molecule has 0 radical (unpaired) electrons. The van der Waals surface area contributed by atoms with Gasteiger partial charge in [-0.3, -0.25) is 14.9 Å². The second-order valence-electron chi connectivity index (χ2n) is 5.00. The molecule has 3 rings (SSSR count). The maximum Gasteiger partial charge on any atom is 0.287 e. The fraction of sp³-hybridized carbons (Fsp3) is 0.200. The summed E-state index contributed by atoms with van der Waals surface area (Å²) in [5.41, 5.74) is 1.83. The molecule has 0 spiro atoms. The van der Waals surface area contributed by atoms with E-state index in [1.807, 2.05) is 24.3 Å². The van der Waals surface area contributed by atoms with Crippen LogP contribution >= 0.6 is 0 Å². The Kier molecular flexibility index (Phi) is 3.69. The summed E-state index contributed by atoms with van der Waals surface area (Å²) in [4.78, 5) is 26.0. The normalized spacial score (nSPS) is 16.0. The Morgan fingerprint density at radius 3 is 2.82 bits per heavy atom. The Morgan fingerprint density at radius 2 is 2.09 bits per heavy atom. The molecule has 0 saturated carbocycles. The highest BCUT2D eigenvalue weighted by molar-refractivity contribution is 6.02. The number of hydrogen-bond acceptors (Lipinski definition) is 5. The van der Waals surface area contributed by atoms with E-state index in [-0.39, 0.29) is 17.5 Å². The first kappa shape index (κ1) is 14.0. The van der Waals surface area contributed by atoms with Crippen molar-refractivity contribution in [3.05, 3.63) is 58.3 Å². The van der Waals surface area contributed by atoms with Crippen molar-refractivity contribution in [1.82, 2.24) is 4.98 Å². The molecule has 0 fully saturated rings. The second kappa shape index (κ2) is 5.80. The van der Waals surface area contributed by atoms with E-state index in [2.05, 4.69) is 15.6 Å². The third-order valence-corrected chi connectivity index (χ3v) is 3.61. The number of rotatable bonds is 5. The van der Waals surface area contributed by atoms with Gasteiger partial charge in [0.1, 0.15) is 12.0 Å². The highest BCUT2D eigenvalue weighted by atomic mass is 16.6. The predicted molar refractivity (Wildman–Crippen MR) is 81.8 cm³/mol. The maximum absolute atomic E-state index is 12.0. The molecule has 1 aliphatic rings. The van der Waals surface area contributed by atoms with Crippen molar-refractivity contribution in [3.8, 4) is 0 Å². The molecule has 0 saturated heterocycles. The second-order valence-corrected chi connectivity index (χ2v) is 5.00. The minimum atomic E-state index is -0.490. The molecule has 1 aromatic heterocycles. The first-order valence-corrected chi connectivity index (χ1v) is 6.89. The third-order valence-electron chi connectivity index (χ3n) is 3.61. The summed E-state index contributed by atoms with van der Waals surface area (Å²) >= 11 is 0. The summed E-state index contributed by atoms with van der Waals surface area (Å²) in [6, 6.07) is 10.6. The van der Waals surface area contributed by atoms with Gasteiger partial charge in [0.05, 0.1) is 10.8 Å². The minimum absolute atomic E-state index is 0.000316. The van der Waals surface area contributed by atoms with E-state index in [1.54, 1.807) is 6.07 Å². The summed E-state index contributed by atoms with van der Waals surface area (Å²) in [7, 11) is 0. The summed E-state index contributed by atoms with van der Waals surface area (Å²) in [6.07, 6.45) is 1.83. The molecule has 1 atom stereocenters. The number of nitrogens with one attached hydrogen (secondary N) is 2. The Labute approximate surface area is 126 Å². The zero-order valence-electron chi connectivity index (χ0n) is 11.7. The van der Waals surface area contributed by atoms with Gasteiger partial charge in [-0.25, -0.2) is 4.98 Å². The van der Waals surface area contributed by atoms with E-state index >= 15 is 0 Å². The van der Waals surface area contributed by atoms with Crippen LogP contribution < -0.4 is 10.6 Å². The van der Waals surface area contributed by atoms with Crippen molar-refractivity contribution in [2.45, 2.75) is 12.3 Å². The largest absolute Gasteiger partial charge is 0.370 e. The Balaban J connectivity index is 1.59. The number of hydrogen-bond donors (Lipinski definition) is 2. The van der Waals surface area contributed by atoms with E-state index < -0.39 is 4.92 Å². The van der Waals surface area contributed by atoms with Gasteiger partial charge < -0.3 is 10.6 Å². The van der Waals surface area contributed by atoms with Crippen LogP contribution in [0.25, 0.3) is 0 Å². The van der Waals surface area contributed by atoms with Gasteiger partial charge in [0.15, 0.2) is 0 Å². The van der Waals surface area contributed by atoms with Crippen LogP contribution in [0.2, 0.25) is 0 Å². The van der Waals surface area contributed by atoms with Crippen molar-refractivity contribution < 1.29 is 9.72 Å². The number of anilines is 2. The molecular weight excluding hydrogens is 284 g/mol. The van der Waals surface area contributed by atoms with Crippen LogP contribution in [0.1, 0.15) is 17.9 Å². The number of carbonyl (C=O) groups excluding carboxylic acids is 1. The fourth-order valence-corrected chi connectivity index (χ4v) is 2.51. The fourth-order valence-electron chi connectivity index (χ4n) is 2.51. The minimum Gasteiger partial charge on any atom is -0.370 e. The lowest BCUT2D eigenvalue weighted by Gasteiger charge is -2.10. The molecule has 22 heavy (non-hydrogen) atoms. The predicted octanol–water partition coefficient (Wildman–Crippen LogP) is 2.53. The van der Waals surface area contributed by atoms with Crippen molar-refractivity contribution in [2.75, 3.05) is 17.2 Å². The van der Waals surface area contributed by atoms with E-state index in [1.165, 1.54) is 12.3 Å². The molecule has 1 amide bonds. The molecule has 2 N–H and O–H groups in total. The number of aromatic nitrogens is 1. The molecule has 112 valence electrons. The van der Waals surface area contributed by atoms with Crippen molar-refractivity contribution >= 4 is 23.1 Å². The smallest absolute Gasteiger partial charge is 0.287 e. The van der Waals surface area contributed by atoms with E-state index in [4.69, 9.17) is 0 Å². The molecule has 7 heteroatoms. The van der Waals surface area contributed by atoms with Gasteiger partial charge in [-0.15, -0.1) is 0 Å². The SMILES string of the molecule is O=C1Nc2ccccc2[C@@H]1CCNc1ccc([N+](=O)[O-])cn1. The topological polar surface area (TPSA) is 97.2 Å². The van der Waals surface area contributed by atoms with Gasteiger partial charge in [-0.2, -0.15) is 0 Å². The van der Waals surface area contributed by atoms with Gasteiger partial charge >= 0.3 is 0 Å². The lowest BCUT2D eigenvalue weighted by molar-refractivity contribution is -0.385. The first-order chi connectivity index (χ1) is 10.6. The molecule has 1 aromatic carbocycles. The molecule has 1 aliphatic heterocycles. The monoisotopic (exact) mass is 298 g/mol. The van der Waals surface area contributed by atoms with E-state index in [0.29, 0.717) is 18.8 Å². The van der Waals surface area contributed by atoms with Crippen molar-refractivity contribution in [2.24, 2.45) is 0 Å². The quantitative estimate of drug-likeness (QED) is 0.653. The van der Waals surface area contributed by atoms with Crippen molar-refractivity contribution in [1.29, 1.82) is 0 Å². The van der Waals surface area contributed by atoms with Crippen LogP contribution in [0.3, 0.4) is 0 Å². The van der Waals surface area contributed by atoms with Crippen LogP contribution in [0.5, 0.6) is 0 Å². The number of nitrogens with zero attached hydrogens (tertiary/aromatic N) is 2. The molecule has 0 unspecified atom stereocenters. The summed E-state index contributed by atoms with van der Waals surface area (Å²) in [5, 5.41) is 16.5. The van der Waals surface area contributed by atoms with Crippen LogP contribution in [0.15, 0.2) is 42.6 Å². The van der Waals surface area contributed by atoms with Gasteiger partial charge in [0.25, 0.3) is 5.69 Å². The molecule has 7 nitrogen and oxygen atoms in total. The number of nitro groups is 1. The zero-order valence-corrected chi connectivity index (χ0v) is 11.7. The highest BCUT2D eigenvalue weighted by Crippen LogP contribution is 2.34. The van der Waals surface area contributed by atoms with Gasteiger partial charge in [-0.1, -0.05) is 18.2 Å². The van der Waals surface area contributed by atoms with Gasteiger partial charge in [-0.05, 0) is 24.1 Å². The van der Waals surface area contributed by atoms with Crippen LogP contribution in [-0.2, 0) is 4.79 Å². The number of para-hydroxylation sites is 1. The van der Waals surface area contributed by atoms with Crippen LogP contribution in [0, 0.1) is 10.1 Å². The average Bonchev–Trinajstić information content (AvgIpc) is 2.84. The standard InChI is InChI=1S/C15H14N4O3/c20-15-12(11-3-1-2-4-13(11)18-15)7-8-16-14-6-5-10(9-17-14)19(21)22/h1-6,9,12H,7-8H2,(H,16,17)(H,18,20)/t12-/m0/s1. The van der Waals surface area contributed by atoms with E-state index in [9.17, 15) is 14.9 Å². The molecule has 2 heterocycles. The Morgan fingerprint density at radius 1 is 1.27 bits per heavy atom. The Hall–Kier alpha value is -2.96. The maximum atomic E-state index is 12.0. The number of amides is 1. The average molecular weight is 298 g/mol. The molecule has 0 aliphatic carbocycles. The first-order valence-electron chi connectivity index (χ1n) is 6.89. The molecule has 0 bridgehead atoms.